The van der Waals surface area contributed by atoms with Crippen molar-refractivity contribution in [3.63, 3.8) is 0 Å². The molecule has 0 fully saturated rings. The molecule has 5 heteroatoms. The first kappa shape index (κ1) is 9.89. The van der Waals surface area contributed by atoms with Gasteiger partial charge in [0.1, 0.15) is 5.82 Å². The highest BCUT2D eigenvalue weighted by molar-refractivity contribution is 5.79. The normalized spacial score (nSPS) is 10.9. The molecule has 0 atom stereocenters. The molecule has 0 radical (unpaired) electrons. The smallest absolute Gasteiger partial charge is 0.181 e. The average molecular weight is 225 g/mol. The van der Waals surface area contributed by atoms with Crippen LogP contribution in [0.25, 0.3) is 22.4 Å². The summed E-state index contributed by atoms with van der Waals surface area (Å²) in [6, 6.07) is 5.84. The predicted molar refractivity (Wildman–Crippen MR) is 64.3 cm³/mol. The van der Waals surface area contributed by atoms with E-state index in [4.69, 9.17) is 0 Å². The number of aryl methyl sites for hydroxylation is 1. The molecule has 0 saturated heterocycles. The summed E-state index contributed by atoms with van der Waals surface area (Å²) in [7, 11) is 0. The number of hydrogen-bond donors (Lipinski definition) is 1. The van der Waals surface area contributed by atoms with Gasteiger partial charge in [-0.3, -0.25) is 15.1 Å². The second-order valence-electron chi connectivity index (χ2n) is 3.72. The standard InChI is InChI=1S/C12H11N5/c1-2-11-15-12(17-16-11)8-3-4-9-10(7-8)14-6-5-13-9/h3-7H,2H2,1H3,(H,15,16,17). The zero-order chi connectivity index (χ0) is 11.7. The number of nitrogens with zero attached hydrogens (tertiary/aromatic N) is 4. The zero-order valence-electron chi connectivity index (χ0n) is 9.38. The highest BCUT2D eigenvalue weighted by Crippen LogP contribution is 2.19. The van der Waals surface area contributed by atoms with Gasteiger partial charge in [0.2, 0.25) is 0 Å². The maximum Gasteiger partial charge on any atom is 0.181 e. The van der Waals surface area contributed by atoms with Crippen LogP contribution in [0.15, 0.2) is 30.6 Å². The molecule has 0 amide bonds. The van der Waals surface area contributed by atoms with Crippen LogP contribution in [-0.2, 0) is 6.42 Å². The third-order valence-electron chi connectivity index (χ3n) is 2.59. The van der Waals surface area contributed by atoms with Crippen molar-refractivity contribution in [1.29, 1.82) is 0 Å². The van der Waals surface area contributed by atoms with Gasteiger partial charge in [-0.05, 0) is 18.2 Å². The topological polar surface area (TPSA) is 67.3 Å². The highest BCUT2D eigenvalue weighted by atomic mass is 15.2. The first-order valence-electron chi connectivity index (χ1n) is 5.49. The van der Waals surface area contributed by atoms with Crippen LogP contribution < -0.4 is 0 Å². The van der Waals surface area contributed by atoms with E-state index in [0.717, 1.165) is 28.8 Å². The molecule has 5 nitrogen and oxygen atoms in total. The number of H-pyrrole nitrogens is 1. The van der Waals surface area contributed by atoms with Crippen molar-refractivity contribution in [2.75, 3.05) is 0 Å². The summed E-state index contributed by atoms with van der Waals surface area (Å²) in [4.78, 5) is 12.9. The predicted octanol–water partition coefficient (Wildman–Crippen LogP) is 1.98. The lowest BCUT2D eigenvalue weighted by molar-refractivity contribution is 0.946. The Hall–Kier alpha value is -2.30. The minimum atomic E-state index is 0.703. The number of nitrogens with one attached hydrogen (secondary N) is 1. The van der Waals surface area contributed by atoms with Crippen molar-refractivity contribution in [1.82, 2.24) is 25.1 Å². The summed E-state index contributed by atoms with van der Waals surface area (Å²) < 4.78 is 0. The van der Waals surface area contributed by atoms with Gasteiger partial charge in [-0.15, -0.1) is 0 Å². The molecular weight excluding hydrogens is 214 g/mol. The SMILES string of the molecule is CCc1nc(-c2ccc3nccnc3c2)n[nH]1. The largest absolute Gasteiger partial charge is 0.263 e. The van der Waals surface area contributed by atoms with Crippen molar-refractivity contribution < 1.29 is 0 Å². The Morgan fingerprint density at radius 2 is 1.94 bits per heavy atom. The highest BCUT2D eigenvalue weighted by Gasteiger charge is 2.06. The molecule has 2 heterocycles. The summed E-state index contributed by atoms with van der Waals surface area (Å²) in [5.74, 6) is 1.59. The second-order valence-corrected chi connectivity index (χ2v) is 3.72. The van der Waals surface area contributed by atoms with Gasteiger partial charge in [-0.1, -0.05) is 6.92 Å². The maximum absolute atomic E-state index is 4.39. The minimum absolute atomic E-state index is 0.703. The Kier molecular flexibility index (Phi) is 2.29. The molecule has 17 heavy (non-hydrogen) atoms. The van der Waals surface area contributed by atoms with E-state index in [2.05, 4.69) is 25.1 Å². The lowest BCUT2D eigenvalue weighted by atomic mass is 10.2. The third kappa shape index (κ3) is 1.75. The Morgan fingerprint density at radius 3 is 2.71 bits per heavy atom. The van der Waals surface area contributed by atoms with Gasteiger partial charge in [0.05, 0.1) is 11.0 Å². The van der Waals surface area contributed by atoms with E-state index in [1.165, 1.54) is 0 Å². The molecule has 2 aromatic heterocycles. The van der Waals surface area contributed by atoms with Crippen LogP contribution >= 0.6 is 0 Å². The van der Waals surface area contributed by atoms with E-state index < -0.39 is 0 Å². The van der Waals surface area contributed by atoms with E-state index in [1.54, 1.807) is 12.4 Å². The summed E-state index contributed by atoms with van der Waals surface area (Å²) >= 11 is 0. The van der Waals surface area contributed by atoms with Crippen molar-refractivity contribution in [3.05, 3.63) is 36.4 Å². The van der Waals surface area contributed by atoms with Crippen LogP contribution in [0.2, 0.25) is 0 Å². The summed E-state index contributed by atoms with van der Waals surface area (Å²) in [6.45, 7) is 2.04. The lowest BCUT2D eigenvalue weighted by Gasteiger charge is -1.98. The van der Waals surface area contributed by atoms with E-state index >= 15 is 0 Å². The van der Waals surface area contributed by atoms with Gasteiger partial charge in [-0.25, -0.2) is 4.98 Å². The molecule has 84 valence electrons. The Morgan fingerprint density at radius 1 is 1.12 bits per heavy atom. The molecule has 3 aromatic rings. The Labute approximate surface area is 98.0 Å². The third-order valence-corrected chi connectivity index (χ3v) is 2.59. The molecular formula is C12H11N5. The van der Waals surface area contributed by atoms with Gasteiger partial charge < -0.3 is 0 Å². The van der Waals surface area contributed by atoms with Gasteiger partial charge in [0.25, 0.3) is 0 Å². The van der Waals surface area contributed by atoms with Crippen molar-refractivity contribution in [3.8, 4) is 11.4 Å². The maximum atomic E-state index is 4.39. The fourth-order valence-electron chi connectivity index (χ4n) is 1.68. The van der Waals surface area contributed by atoms with Gasteiger partial charge in [-0.2, -0.15) is 5.10 Å². The van der Waals surface area contributed by atoms with E-state index in [9.17, 15) is 0 Å². The average Bonchev–Trinajstić information content (AvgIpc) is 2.87. The molecule has 0 aliphatic rings. The summed E-state index contributed by atoms with van der Waals surface area (Å²) in [5.41, 5.74) is 2.68. The van der Waals surface area contributed by atoms with Gasteiger partial charge in [0, 0.05) is 24.4 Å². The number of hydrogen-bond acceptors (Lipinski definition) is 4. The molecule has 0 aliphatic carbocycles. The molecule has 3 rings (SSSR count). The molecule has 1 N–H and O–H groups in total. The van der Waals surface area contributed by atoms with Crippen LogP contribution in [0.4, 0.5) is 0 Å². The summed E-state index contributed by atoms with van der Waals surface area (Å²) in [6.07, 6.45) is 4.21. The summed E-state index contributed by atoms with van der Waals surface area (Å²) in [5, 5.41) is 7.08. The zero-order valence-corrected chi connectivity index (χ0v) is 9.38. The van der Waals surface area contributed by atoms with Crippen molar-refractivity contribution in [2.45, 2.75) is 13.3 Å². The second kappa shape index (κ2) is 3.93. The molecule has 0 bridgehead atoms. The molecule has 1 aromatic carbocycles. The minimum Gasteiger partial charge on any atom is -0.263 e. The number of benzene rings is 1. The number of fused-ring (bicyclic) bond motifs is 1. The quantitative estimate of drug-likeness (QED) is 0.724. The number of aromatic nitrogens is 5. The van der Waals surface area contributed by atoms with Gasteiger partial charge in [0.15, 0.2) is 5.82 Å². The first-order valence-corrected chi connectivity index (χ1v) is 5.49. The number of aromatic amines is 1. The van der Waals surface area contributed by atoms with Crippen LogP contribution in [0.1, 0.15) is 12.7 Å². The van der Waals surface area contributed by atoms with Crippen LogP contribution in [-0.4, -0.2) is 25.1 Å². The van der Waals surface area contributed by atoms with E-state index in [-0.39, 0.29) is 0 Å². The monoisotopic (exact) mass is 225 g/mol. The Balaban J connectivity index is 2.11. The van der Waals surface area contributed by atoms with E-state index in [0.29, 0.717) is 5.82 Å². The first-order chi connectivity index (χ1) is 8.36. The molecule has 0 unspecified atom stereocenters. The molecule has 0 spiro atoms. The van der Waals surface area contributed by atoms with Gasteiger partial charge >= 0.3 is 0 Å². The van der Waals surface area contributed by atoms with Crippen LogP contribution in [0.5, 0.6) is 0 Å². The lowest BCUT2D eigenvalue weighted by Crippen LogP contribution is -1.86. The number of rotatable bonds is 2. The van der Waals surface area contributed by atoms with Crippen molar-refractivity contribution >= 4 is 11.0 Å². The molecule has 0 saturated carbocycles. The fraction of sp³-hybridized carbons (Fsp3) is 0.167. The van der Waals surface area contributed by atoms with Crippen molar-refractivity contribution in [2.24, 2.45) is 0 Å². The van der Waals surface area contributed by atoms with Crippen LogP contribution in [0, 0.1) is 0 Å². The molecule has 0 aliphatic heterocycles. The van der Waals surface area contributed by atoms with Crippen LogP contribution in [0.3, 0.4) is 0 Å². The fourth-order valence-corrected chi connectivity index (χ4v) is 1.68. The van der Waals surface area contributed by atoms with E-state index in [1.807, 2.05) is 25.1 Å². The Bertz CT molecular complexity index is 659.